The highest BCUT2D eigenvalue weighted by atomic mass is 35.5. The number of benzene rings is 2. The van der Waals surface area contributed by atoms with Crippen LogP contribution in [0.25, 0.3) is 16.2 Å². The molecule has 1 saturated heterocycles. The third kappa shape index (κ3) is 4.00. The number of carbonyl (C=O) groups excluding carboxylic acids is 1. The van der Waals surface area contributed by atoms with Crippen molar-refractivity contribution in [2.75, 3.05) is 31.1 Å². The molecular formula is C25H25ClN4OS. The maximum absolute atomic E-state index is 13.1. The molecule has 0 N–H and O–H groups in total. The third-order valence-electron chi connectivity index (χ3n) is 6.30. The molecule has 1 aliphatic rings. The average molecular weight is 465 g/mol. The van der Waals surface area contributed by atoms with Crippen molar-refractivity contribution in [1.29, 1.82) is 0 Å². The molecule has 32 heavy (non-hydrogen) atoms. The first kappa shape index (κ1) is 21.0. The van der Waals surface area contributed by atoms with Gasteiger partial charge in [-0.25, -0.2) is 4.98 Å². The van der Waals surface area contributed by atoms with Gasteiger partial charge in [0.1, 0.15) is 0 Å². The summed E-state index contributed by atoms with van der Waals surface area (Å²) in [7, 11) is 0. The predicted octanol–water partition coefficient (Wildman–Crippen LogP) is 5.22. The van der Waals surface area contributed by atoms with E-state index in [2.05, 4.69) is 36.9 Å². The van der Waals surface area contributed by atoms with E-state index in [1.807, 2.05) is 45.1 Å². The van der Waals surface area contributed by atoms with Crippen molar-refractivity contribution in [2.24, 2.45) is 0 Å². The van der Waals surface area contributed by atoms with E-state index in [4.69, 9.17) is 16.6 Å². The van der Waals surface area contributed by atoms with E-state index >= 15 is 0 Å². The summed E-state index contributed by atoms with van der Waals surface area (Å²) in [5.41, 5.74) is 6.81. The fourth-order valence-corrected chi connectivity index (χ4v) is 5.26. The molecule has 0 unspecified atom stereocenters. The monoisotopic (exact) mass is 464 g/mol. The first-order valence-corrected chi connectivity index (χ1v) is 12.1. The van der Waals surface area contributed by atoms with Crippen LogP contribution in [0, 0.1) is 13.8 Å². The molecule has 0 saturated carbocycles. The van der Waals surface area contributed by atoms with E-state index in [0.717, 1.165) is 48.1 Å². The van der Waals surface area contributed by atoms with Crippen LogP contribution in [0.3, 0.4) is 0 Å². The van der Waals surface area contributed by atoms with Crippen molar-refractivity contribution < 1.29 is 4.79 Å². The lowest BCUT2D eigenvalue weighted by Crippen LogP contribution is -2.49. The van der Waals surface area contributed by atoms with Gasteiger partial charge in [-0.05, 0) is 43.2 Å². The minimum atomic E-state index is 0.173. The number of fused-ring (bicyclic) bond motifs is 1. The van der Waals surface area contributed by atoms with Gasteiger partial charge in [0, 0.05) is 59.7 Å². The number of anilines is 1. The topological polar surface area (TPSA) is 40.8 Å². The second-order valence-electron chi connectivity index (χ2n) is 8.28. The molecule has 1 fully saturated rings. The summed E-state index contributed by atoms with van der Waals surface area (Å²) in [5.74, 6) is 0.173. The highest BCUT2D eigenvalue weighted by molar-refractivity contribution is 7.15. The van der Waals surface area contributed by atoms with Gasteiger partial charge in [-0.15, -0.1) is 11.3 Å². The molecule has 2 aromatic carbocycles. The number of nitrogens with zero attached hydrogens (tertiary/aromatic N) is 4. The van der Waals surface area contributed by atoms with E-state index in [0.29, 0.717) is 11.4 Å². The molecule has 5 rings (SSSR count). The molecule has 0 aliphatic carbocycles. The molecule has 164 valence electrons. The number of piperazine rings is 1. The molecule has 0 radical (unpaired) electrons. The Hall–Kier alpha value is -2.83. The zero-order valence-electron chi connectivity index (χ0n) is 18.2. The molecule has 0 spiro atoms. The zero-order valence-corrected chi connectivity index (χ0v) is 19.8. The number of hydrogen-bond donors (Lipinski definition) is 0. The summed E-state index contributed by atoms with van der Waals surface area (Å²) in [4.78, 5) is 23.1. The highest BCUT2D eigenvalue weighted by Gasteiger charge is 2.23. The third-order valence-corrected chi connectivity index (χ3v) is 7.45. The van der Waals surface area contributed by atoms with Crippen molar-refractivity contribution in [3.63, 3.8) is 0 Å². The molecular weight excluding hydrogens is 440 g/mol. The van der Waals surface area contributed by atoms with E-state index in [1.54, 1.807) is 11.3 Å². The maximum atomic E-state index is 13.1. The number of amides is 1. The lowest BCUT2D eigenvalue weighted by molar-refractivity contribution is -0.130. The fourth-order valence-electron chi connectivity index (χ4n) is 4.26. The van der Waals surface area contributed by atoms with Crippen LogP contribution in [0.1, 0.15) is 16.8 Å². The molecule has 1 aliphatic heterocycles. The summed E-state index contributed by atoms with van der Waals surface area (Å²) < 4.78 is 2.04. The molecule has 4 aromatic rings. The summed E-state index contributed by atoms with van der Waals surface area (Å²) in [6.07, 6.45) is 2.40. The van der Waals surface area contributed by atoms with Crippen molar-refractivity contribution in [3.05, 3.63) is 75.9 Å². The van der Waals surface area contributed by atoms with E-state index in [-0.39, 0.29) is 5.91 Å². The Morgan fingerprint density at radius 1 is 1.06 bits per heavy atom. The molecule has 1 amide bonds. The van der Waals surface area contributed by atoms with Gasteiger partial charge in [0.2, 0.25) is 5.91 Å². The number of rotatable bonds is 4. The molecule has 7 heteroatoms. The second-order valence-corrected chi connectivity index (χ2v) is 9.55. The van der Waals surface area contributed by atoms with Crippen LogP contribution in [-0.2, 0) is 11.2 Å². The summed E-state index contributed by atoms with van der Waals surface area (Å²) in [6.45, 7) is 7.54. The number of thiazole rings is 1. The average Bonchev–Trinajstić information content (AvgIpc) is 3.38. The Morgan fingerprint density at radius 2 is 1.81 bits per heavy atom. The largest absolute Gasteiger partial charge is 0.368 e. The Balaban J connectivity index is 1.26. The van der Waals surface area contributed by atoms with Gasteiger partial charge in [-0.2, -0.15) is 0 Å². The van der Waals surface area contributed by atoms with Gasteiger partial charge in [0.05, 0.1) is 12.1 Å². The summed E-state index contributed by atoms with van der Waals surface area (Å²) in [5, 5.41) is 2.75. The minimum absolute atomic E-state index is 0.173. The van der Waals surface area contributed by atoms with Crippen LogP contribution in [0.4, 0.5) is 5.69 Å². The fraction of sp³-hybridized carbons (Fsp3) is 0.280. The van der Waals surface area contributed by atoms with Crippen LogP contribution in [0.2, 0.25) is 5.02 Å². The van der Waals surface area contributed by atoms with Crippen LogP contribution >= 0.6 is 22.9 Å². The lowest BCUT2D eigenvalue weighted by Gasteiger charge is -2.37. The standard InChI is InChI=1S/C25H25ClN4OS/c1-17-4-3-5-23(18(17)2)28-10-12-29(13-11-28)24(31)14-21-16-32-25-27-22(15-30(21)25)19-6-8-20(26)9-7-19/h3-9,15-16H,10-14H2,1-2H3. The van der Waals surface area contributed by atoms with Crippen molar-refractivity contribution in [1.82, 2.24) is 14.3 Å². The first-order chi connectivity index (χ1) is 15.5. The Kier molecular flexibility index (Phi) is 5.66. The minimum Gasteiger partial charge on any atom is -0.368 e. The molecule has 0 bridgehead atoms. The first-order valence-electron chi connectivity index (χ1n) is 10.8. The Morgan fingerprint density at radius 3 is 2.56 bits per heavy atom. The SMILES string of the molecule is Cc1cccc(N2CCN(C(=O)Cc3csc4nc(-c5ccc(Cl)cc5)cn34)CC2)c1C. The zero-order chi connectivity index (χ0) is 22.2. The van der Waals surface area contributed by atoms with E-state index in [9.17, 15) is 4.79 Å². The highest BCUT2D eigenvalue weighted by Crippen LogP contribution is 2.26. The lowest BCUT2D eigenvalue weighted by atomic mass is 10.1. The second kappa shape index (κ2) is 8.60. The van der Waals surface area contributed by atoms with Gasteiger partial charge in [0.15, 0.2) is 4.96 Å². The van der Waals surface area contributed by atoms with Gasteiger partial charge in [-0.3, -0.25) is 9.20 Å². The molecule has 5 nitrogen and oxygen atoms in total. The van der Waals surface area contributed by atoms with Crippen molar-refractivity contribution in [3.8, 4) is 11.3 Å². The Bertz CT molecular complexity index is 1270. The van der Waals surface area contributed by atoms with Crippen LogP contribution in [-0.4, -0.2) is 46.4 Å². The van der Waals surface area contributed by atoms with Crippen LogP contribution in [0.5, 0.6) is 0 Å². The van der Waals surface area contributed by atoms with Crippen molar-refractivity contribution in [2.45, 2.75) is 20.3 Å². The smallest absolute Gasteiger partial charge is 0.228 e. The number of aromatic nitrogens is 2. The number of aryl methyl sites for hydroxylation is 1. The van der Waals surface area contributed by atoms with Gasteiger partial charge in [0.25, 0.3) is 0 Å². The predicted molar refractivity (Wildman–Crippen MR) is 132 cm³/mol. The summed E-state index contributed by atoms with van der Waals surface area (Å²) in [6, 6.07) is 14.1. The van der Waals surface area contributed by atoms with E-state index < -0.39 is 0 Å². The maximum Gasteiger partial charge on any atom is 0.228 e. The normalized spacial score (nSPS) is 14.3. The van der Waals surface area contributed by atoms with Crippen molar-refractivity contribution >= 4 is 39.5 Å². The number of imidazole rings is 1. The molecule has 0 atom stereocenters. The summed E-state index contributed by atoms with van der Waals surface area (Å²) >= 11 is 7.57. The van der Waals surface area contributed by atoms with Crippen LogP contribution in [0.15, 0.2) is 54.0 Å². The van der Waals surface area contributed by atoms with Crippen LogP contribution < -0.4 is 4.90 Å². The number of halogens is 1. The quantitative estimate of drug-likeness (QED) is 0.415. The van der Waals surface area contributed by atoms with Gasteiger partial charge in [-0.1, -0.05) is 35.9 Å². The van der Waals surface area contributed by atoms with Gasteiger partial charge >= 0.3 is 0 Å². The molecule has 3 heterocycles. The Labute approximate surface area is 196 Å². The van der Waals surface area contributed by atoms with Gasteiger partial charge < -0.3 is 9.80 Å². The molecule has 2 aromatic heterocycles. The number of hydrogen-bond acceptors (Lipinski definition) is 4. The van der Waals surface area contributed by atoms with E-state index in [1.165, 1.54) is 16.8 Å². The number of carbonyl (C=O) groups is 1.